The molecule has 0 aliphatic heterocycles. The predicted molar refractivity (Wildman–Crippen MR) is 60.9 cm³/mol. The Morgan fingerprint density at radius 2 is 2.15 bits per heavy atom. The van der Waals surface area contributed by atoms with Gasteiger partial charge in [-0.2, -0.15) is 5.26 Å². The van der Waals surface area contributed by atoms with Crippen molar-refractivity contribution in [3.8, 4) is 6.07 Å². The fourth-order valence-corrected chi connectivity index (χ4v) is 2.28. The van der Waals surface area contributed by atoms with Crippen LogP contribution in [0.3, 0.4) is 0 Å². The van der Waals surface area contributed by atoms with Crippen molar-refractivity contribution in [1.82, 2.24) is 0 Å². The molecule has 0 atom stereocenters. The van der Waals surface area contributed by atoms with Gasteiger partial charge >= 0.3 is 0 Å². The molecule has 1 aromatic carbocycles. The fraction of sp³-hybridized carbons (Fsp3) is 0.300. The first-order chi connectivity index (χ1) is 6.22. The van der Waals surface area contributed by atoms with Crippen LogP contribution in [0, 0.1) is 14.9 Å². The van der Waals surface area contributed by atoms with Gasteiger partial charge in [0.25, 0.3) is 0 Å². The van der Waals surface area contributed by atoms with Crippen molar-refractivity contribution < 1.29 is 0 Å². The van der Waals surface area contributed by atoms with Gasteiger partial charge in [-0.3, -0.25) is 0 Å². The molecular formula is C10H7ClIN. The third-order valence-electron chi connectivity index (χ3n) is 2.22. The maximum absolute atomic E-state index is 8.77. The van der Waals surface area contributed by atoms with Gasteiger partial charge in [-0.15, -0.1) is 0 Å². The van der Waals surface area contributed by atoms with Crippen LogP contribution >= 0.6 is 34.2 Å². The van der Waals surface area contributed by atoms with E-state index in [1.807, 2.05) is 6.07 Å². The molecule has 1 aromatic rings. The second-order valence-corrected chi connectivity index (χ2v) is 4.81. The quantitative estimate of drug-likeness (QED) is 0.726. The number of hydrogen-bond donors (Lipinski definition) is 0. The minimum atomic E-state index is 0.647. The van der Waals surface area contributed by atoms with Gasteiger partial charge in [-0.25, -0.2) is 0 Å². The van der Waals surface area contributed by atoms with E-state index in [0.717, 1.165) is 8.59 Å². The number of nitriles is 1. The van der Waals surface area contributed by atoms with Crippen LogP contribution in [0.4, 0.5) is 0 Å². The Bertz CT molecular complexity index is 391. The van der Waals surface area contributed by atoms with Crippen LogP contribution in [-0.4, -0.2) is 0 Å². The highest BCUT2D eigenvalue weighted by Crippen LogP contribution is 2.44. The molecule has 1 aliphatic carbocycles. The summed E-state index contributed by atoms with van der Waals surface area (Å²) in [5, 5.41) is 9.52. The van der Waals surface area contributed by atoms with E-state index in [-0.39, 0.29) is 0 Å². The Balaban J connectivity index is 2.50. The zero-order valence-electron chi connectivity index (χ0n) is 6.85. The van der Waals surface area contributed by atoms with Gasteiger partial charge in [0.05, 0.1) is 5.56 Å². The third kappa shape index (κ3) is 1.82. The lowest BCUT2D eigenvalue weighted by atomic mass is 10.1. The molecule has 13 heavy (non-hydrogen) atoms. The molecule has 0 amide bonds. The Hall–Kier alpha value is -0.270. The highest BCUT2D eigenvalue weighted by molar-refractivity contribution is 14.1. The molecule has 0 N–H and O–H groups in total. The second-order valence-electron chi connectivity index (χ2n) is 3.24. The normalized spacial score (nSPS) is 15.5. The number of hydrogen-bond acceptors (Lipinski definition) is 1. The SMILES string of the molecule is N#Cc1cc(Cl)c(C2CC2)cc1I. The summed E-state index contributed by atoms with van der Waals surface area (Å²) in [5.41, 5.74) is 1.89. The molecule has 3 heteroatoms. The van der Waals surface area contributed by atoms with E-state index < -0.39 is 0 Å². The molecule has 0 unspecified atom stereocenters. The van der Waals surface area contributed by atoms with Gasteiger partial charge < -0.3 is 0 Å². The van der Waals surface area contributed by atoms with E-state index in [1.54, 1.807) is 6.07 Å². The van der Waals surface area contributed by atoms with Gasteiger partial charge in [0.2, 0.25) is 0 Å². The summed E-state index contributed by atoms with van der Waals surface area (Å²) < 4.78 is 1.01. The van der Waals surface area contributed by atoms with Crippen molar-refractivity contribution in [3.63, 3.8) is 0 Å². The van der Waals surface area contributed by atoms with E-state index in [1.165, 1.54) is 18.4 Å². The van der Waals surface area contributed by atoms with Crippen molar-refractivity contribution in [2.45, 2.75) is 18.8 Å². The first-order valence-electron chi connectivity index (χ1n) is 4.11. The summed E-state index contributed by atoms with van der Waals surface area (Å²) in [5.74, 6) is 0.647. The topological polar surface area (TPSA) is 23.8 Å². The first kappa shape index (κ1) is 9.29. The number of benzene rings is 1. The molecule has 1 saturated carbocycles. The second kappa shape index (κ2) is 3.47. The lowest BCUT2D eigenvalue weighted by molar-refractivity contribution is 1.12. The minimum absolute atomic E-state index is 0.647. The molecular weight excluding hydrogens is 296 g/mol. The molecule has 0 bridgehead atoms. The maximum atomic E-state index is 8.77. The Morgan fingerprint density at radius 3 is 2.69 bits per heavy atom. The van der Waals surface area contributed by atoms with Crippen molar-refractivity contribution in [2.75, 3.05) is 0 Å². The number of rotatable bonds is 1. The van der Waals surface area contributed by atoms with E-state index >= 15 is 0 Å². The summed E-state index contributed by atoms with van der Waals surface area (Å²) in [6.45, 7) is 0. The Labute approximate surface area is 95.8 Å². The maximum Gasteiger partial charge on any atom is 0.100 e. The molecule has 0 saturated heterocycles. The van der Waals surface area contributed by atoms with Gasteiger partial charge in [0.1, 0.15) is 6.07 Å². The van der Waals surface area contributed by atoms with Crippen molar-refractivity contribution in [2.24, 2.45) is 0 Å². The molecule has 0 radical (unpaired) electrons. The van der Waals surface area contributed by atoms with Crippen LogP contribution < -0.4 is 0 Å². The zero-order valence-corrected chi connectivity index (χ0v) is 9.76. The molecule has 1 nitrogen and oxygen atoms in total. The van der Waals surface area contributed by atoms with Crippen molar-refractivity contribution >= 4 is 34.2 Å². The van der Waals surface area contributed by atoms with Crippen LogP contribution in [0.1, 0.15) is 29.9 Å². The first-order valence-corrected chi connectivity index (χ1v) is 5.57. The van der Waals surface area contributed by atoms with E-state index in [4.69, 9.17) is 16.9 Å². The number of nitrogens with zero attached hydrogens (tertiary/aromatic N) is 1. The highest BCUT2D eigenvalue weighted by atomic mass is 127. The van der Waals surface area contributed by atoms with Crippen LogP contribution in [-0.2, 0) is 0 Å². The van der Waals surface area contributed by atoms with Crippen LogP contribution in [0.5, 0.6) is 0 Å². The fourth-order valence-electron chi connectivity index (χ4n) is 1.36. The zero-order chi connectivity index (χ0) is 9.42. The van der Waals surface area contributed by atoms with E-state index in [2.05, 4.69) is 28.7 Å². The van der Waals surface area contributed by atoms with E-state index in [9.17, 15) is 0 Å². The van der Waals surface area contributed by atoms with E-state index in [0.29, 0.717) is 11.5 Å². The largest absolute Gasteiger partial charge is 0.192 e. The Kier molecular flexibility index (Phi) is 2.48. The summed E-state index contributed by atoms with van der Waals surface area (Å²) >= 11 is 8.24. The molecule has 66 valence electrons. The average molecular weight is 304 g/mol. The van der Waals surface area contributed by atoms with Gasteiger partial charge in [-0.1, -0.05) is 11.6 Å². The summed E-state index contributed by atoms with van der Waals surface area (Å²) in [6.07, 6.45) is 2.48. The third-order valence-corrected chi connectivity index (χ3v) is 3.44. The monoisotopic (exact) mass is 303 g/mol. The lowest BCUT2D eigenvalue weighted by Crippen LogP contribution is -1.88. The molecule has 0 spiro atoms. The predicted octanol–water partition coefficient (Wildman–Crippen LogP) is 3.69. The van der Waals surface area contributed by atoms with Crippen LogP contribution in [0.25, 0.3) is 0 Å². The summed E-state index contributed by atoms with van der Waals surface area (Å²) in [6, 6.07) is 5.95. The van der Waals surface area contributed by atoms with Crippen LogP contribution in [0.2, 0.25) is 5.02 Å². The van der Waals surface area contributed by atoms with Gasteiger partial charge in [0.15, 0.2) is 0 Å². The minimum Gasteiger partial charge on any atom is -0.192 e. The average Bonchev–Trinajstić information content (AvgIpc) is 2.91. The molecule has 2 rings (SSSR count). The van der Waals surface area contributed by atoms with Crippen LogP contribution in [0.15, 0.2) is 12.1 Å². The summed E-state index contributed by atoms with van der Waals surface area (Å²) in [7, 11) is 0. The standard InChI is InChI=1S/C10H7ClIN/c11-9-3-7(5-13)10(12)4-8(9)6-1-2-6/h3-4,6H,1-2H2. The van der Waals surface area contributed by atoms with Crippen molar-refractivity contribution in [1.29, 1.82) is 5.26 Å². The number of halogens is 2. The molecule has 0 aromatic heterocycles. The smallest absolute Gasteiger partial charge is 0.100 e. The van der Waals surface area contributed by atoms with Crippen molar-refractivity contribution in [3.05, 3.63) is 31.9 Å². The molecule has 0 heterocycles. The lowest BCUT2D eigenvalue weighted by Gasteiger charge is -2.03. The molecule has 1 aliphatic rings. The molecule has 1 fully saturated rings. The summed E-state index contributed by atoms with van der Waals surface area (Å²) in [4.78, 5) is 0. The Morgan fingerprint density at radius 1 is 1.46 bits per heavy atom. The van der Waals surface area contributed by atoms with Gasteiger partial charge in [-0.05, 0) is 59.0 Å². The highest BCUT2D eigenvalue weighted by Gasteiger charge is 2.26. The van der Waals surface area contributed by atoms with Gasteiger partial charge in [0, 0.05) is 8.59 Å².